The highest BCUT2D eigenvalue weighted by Crippen LogP contribution is 2.32. The maximum absolute atomic E-state index is 13.7. The third kappa shape index (κ3) is 5.83. The molecule has 1 aliphatic heterocycles. The molecule has 0 saturated carbocycles. The smallest absolute Gasteiger partial charge is 0.343 e. The molecule has 1 aromatic carbocycles. The molecule has 10 nitrogen and oxygen atoms in total. The molecular weight excluding hydrogens is 435 g/mol. The van der Waals surface area contributed by atoms with Crippen LogP contribution in [0.5, 0.6) is 5.75 Å². The van der Waals surface area contributed by atoms with Crippen molar-refractivity contribution in [1.29, 1.82) is 0 Å². The number of rotatable bonds is 6. The monoisotopic (exact) mass is 458 g/mol. The molecule has 0 saturated heterocycles. The van der Waals surface area contributed by atoms with Gasteiger partial charge in [0.15, 0.2) is 28.7 Å². The van der Waals surface area contributed by atoms with Crippen molar-refractivity contribution in [2.45, 2.75) is 26.4 Å². The third-order valence-electron chi connectivity index (χ3n) is 4.75. The summed E-state index contributed by atoms with van der Waals surface area (Å²) >= 11 is 0. The number of carbonyl (C=O) groups is 2. The number of aliphatic carboxylic acids is 1. The highest BCUT2D eigenvalue weighted by Gasteiger charge is 2.24. The molecule has 0 radical (unpaired) electrons. The van der Waals surface area contributed by atoms with Crippen molar-refractivity contribution in [2.24, 2.45) is 0 Å². The average molecular weight is 458 g/mol. The van der Waals surface area contributed by atoms with Gasteiger partial charge in [-0.3, -0.25) is 9.78 Å². The van der Waals surface area contributed by atoms with Crippen LogP contribution in [0.15, 0.2) is 35.0 Å². The summed E-state index contributed by atoms with van der Waals surface area (Å²) in [7, 11) is 1.33. The van der Waals surface area contributed by atoms with E-state index in [0.717, 1.165) is 43.3 Å². The molecule has 3 heterocycles. The number of anilines is 1. The van der Waals surface area contributed by atoms with Crippen molar-refractivity contribution in [1.82, 2.24) is 15.5 Å². The lowest BCUT2D eigenvalue weighted by atomic mass is 10.1. The summed E-state index contributed by atoms with van der Waals surface area (Å²) in [5, 5.41) is 27.2. The number of ether oxygens (including phenoxy) is 1. The van der Waals surface area contributed by atoms with Crippen molar-refractivity contribution < 1.29 is 33.5 Å². The minimum atomic E-state index is -1.21. The van der Waals surface area contributed by atoms with Crippen molar-refractivity contribution in [3.8, 4) is 17.1 Å². The number of nitrogens with zero attached hydrogens (tertiary/aromatic N) is 2. The number of carboxylic acids is 2. The molecule has 3 aromatic rings. The normalized spacial score (nSPS) is 12.2. The molecule has 4 N–H and O–H groups in total. The van der Waals surface area contributed by atoms with Crippen molar-refractivity contribution in [3.63, 3.8) is 0 Å². The van der Waals surface area contributed by atoms with Crippen LogP contribution in [0.4, 0.5) is 10.2 Å². The number of halogens is 1. The number of nitrogens with one attached hydrogen (secondary N) is 2. The lowest BCUT2D eigenvalue weighted by Crippen LogP contribution is -2.24. The highest BCUT2D eigenvalue weighted by molar-refractivity contribution is 5.99. The first kappa shape index (κ1) is 23.7. The fourth-order valence-electron chi connectivity index (χ4n) is 3.29. The fourth-order valence-corrected chi connectivity index (χ4v) is 3.29. The van der Waals surface area contributed by atoms with Crippen LogP contribution in [-0.2, 0) is 24.3 Å². The molecule has 0 fully saturated rings. The lowest BCUT2D eigenvalue weighted by Gasteiger charge is -2.16. The number of hydrogen-bond acceptors (Lipinski definition) is 8. The molecule has 174 valence electrons. The van der Waals surface area contributed by atoms with Crippen LogP contribution in [-0.4, -0.2) is 45.9 Å². The summed E-state index contributed by atoms with van der Waals surface area (Å²) in [5.74, 6) is -2.50. The molecular formula is C22H23FN4O6. The Kier molecular flexibility index (Phi) is 7.57. The number of methoxy groups -OCH3 is 1. The van der Waals surface area contributed by atoms with Gasteiger partial charge in [0.2, 0.25) is 0 Å². The molecule has 11 heteroatoms. The predicted octanol–water partition coefficient (Wildman–Crippen LogP) is 2.93. The van der Waals surface area contributed by atoms with E-state index in [9.17, 15) is 14.3 Å². The van der Waals surface area contributed by atoms with E-state index < -0.39 is 17.8 Å². The van der Waals surface area contributed by atoms with E-state index in [-0.39, 0.29) is 22.9 Å². The largest absolute Gasteiger partial charge is 0.494 e. The Hall–Kier alpha value is -3.99. The van der Waals surface area contributed by atoms with Gasteiger partial charge >= 0.3 is 5.97 Å². The van der Waals surface area contributed by atoms with E-state index >= 15 is 0 Å². The van der Waals surface area contributed by atoms with E-state index in [1.807, 2.05) is 6.07 Å². The van der Waals surface area contributed by atoms with E-state index in [1.165, 1.54) is 25.3 Å². The average Bonchev–Trinajstić information content (AvgIpc) is 3.22. The Labute approximate surface area is 188 Å². The summed E-state index contributed by atoms with van der Waals surface area (Å²) in [6.45, 7) is 3.09. The van der Waals surface area contributed by atoms with Crippen LogP contribution in [0.25, 0.3) is 11.3 Å². The Morgan fingerprint density at radius 3 is 2.76 bits per heavy atom. The Balaban J connectivity index is 0.000000709. The highest BCUT2D eigenvalue weighted by atomic mass is 19.1. The van der Waals surface area contributed by atoms with Crippen LogP contribution in [0, 0.1) is 5.82 Å². The molecule has 0 atom stereocenters. The van der Waals surface area contributed by atoms with Gasteiger partial charge in [-0.05, 0) is 35.4 Å². The van der Waals surface area contributed by atoms with Crippen LogP contribution in [0.2, 0.25) is 0 Å². The maximum atomic E-state index is 13.7. The summed E-state index contributed by atoms with van der Waals surface area (Å²) in [6.07, 6.45) is 2.66. The molecule has 33 heavy (non-hydrogen) atoms. The second-order valence-electron chi connectivity index (χ2n) is 7.14. The first-order valence-corrected chi connectivity index (χ1v) is 9.97. The van der Waals surface area contributed by atoms with Crippen LogP contribution in [0.3, 0.4) is 0 Å². The second-order valence-corrected chi connectivity index (χ2v) is 7.14. The van der Waals surface area contributed by atoms with Gasteiger partial charge in [-0.2, -0.15) is 0 Å². The molecule has 1 aliphatic rings. The van der Waals surface area contributed by atoms with Gasteiger partial charge in [-0.25, -0.2) is 9.18 Å². The summed E-state index contributed by atoms with van der Waals surface area (Å²) in [4.78, 5) is 25.3. The van der Waals surface area contributed by atoms with Crippen LogP contribution >= 0.6 is 0 Å². The summed E-state index contributed by atoms with van der Waals surface area (Å²) < 4.78 is 23.9. The molecule has 0 amide bonds. The van der Waals surface area contributed by atoms with Gasteiger partial charge in [0.05, 0.1) is 7.11 Å². The van der Waals surface area contributed by atoms with Gasteiger partial charge in [-0.1, -0.05) is 5.16 Å². The first-order chi connectivity index (χ1) is 15.8. The topological polar surface area (TPSA) is 147 Å². The van der Waals surface area contributed by atoms with Gasteiger partial charge in [0.1, 0.15) is 0 Å². The number of fused-ring (bicyclic) bond motifs is 1. The summed E-state index contributed by atoms with van der Waals surface area (Å²) in [5.41, 5.74) is 3.33. The van der Waals surface area contributed by atoms with Crippen molar-refractivity contribution >= 4 is 17.8 Å². The zero-order valence-corrected chi connectivity index (χ0v) is 18.0. The fraction of sp³-hybridized carbons (Fsp3) is 0.273. The lowest BCUT2D eigenvalue weighted by molar-refractivity contribution is -0.134. The van der Waals surface area contributed by atoms with Crippen LogP contribution < -0.4 is 15.4 Å². The minimum absolute atomic E-state index is 0.0153. The zero-order chi connectivity index (χ0) is 24.0. The molecule has 2 aromatic heterocycles. The standard InChI is InChI=1S/C20H19FN4O4.C2H4O2/c1-28-16-7-12(2-3-14(16)21)18-17(20(26)27)19(25-29-18)24-9-11-6-13-10-22-5-4-15(13)23-8-11;1-2(3)4/h2-3,6-8,22H,4-5,9-10H2,1H3,(H,24,25)(H,26,27);1H3,(H,3,4). The van der Waals surface area contributed by atoms with Gasteiger partial charge in [0, 0.05) is 50.4 Å². The Bertz CT molecular complexity index is 1160. The zero-order valence-electron chi connectivity index (χ0n) is 18.0. The quantitative estimate of drug-likeness (QED) is 0.435. The maximum Gasteiger partial charge on any atom is 0.343 e. The van der Waals surface area contributed by atoms with Gasteiger partial charge < -0.3 is 30.1 Å². The Morgan fingerprint density at radius 1 is 1.30 bits per heavy atom. The van der Waals surface area contributed by atoms with Crippen molar-refractivity contribution in [3.05, 3.63) is 58.7 Å². The van der Waals surface area contributed by atoms with E-state index in [1.54, 1.807) is 6.20 Å². The second kappa shape index (κ2) is 10.6. The molecule has 0 aliphatic carbocycles. The molecule has 0 spiro atoms. The number of hydrogen-bond donors (Lipinski definition) is 4. The van der Waals surface area contributed by atoms with Gasteiger partial charge in [-0.15, -0.1) is 0 Å². The van der Waals surface area contributed by atoms with E-state index in [4.69, 9.17) is 19.2 Å². The third-order valence-corrected chi connectivity index (χ3v) is 4.75. The van der Waals surface area contributed by atoms with Gasteiger partial charge in [0.25, 0.3) is 5.97 Å². The number of carboxylic acid groups (broad SMARTS) is 2. The predicted molar refractivity (Wildman–Crippen MR) is 116 cm³/mol. The number of aromatic nitrogens is 2. The minimum Gasteiger partial charge on any atom is -0.494 e. The molecule has 0 bridgehead atoms. The SMILES string of the molecule is CC(=O)O.COc1cc(-c2onc(NCc3cnc4c(c3)CNCC4)c2C(=O)O)ccc1F. The number of pyridine rings is 1. The number of aromatic carboxylic acids is 1. The molecule has 4 rings (SSSR count). The van der Waals surface area contributed by atoms with E-state index in [0.29, 0.717) is 12.1 Å². The number of benzene rings is 1. The molecule has 0 unspecified atom stereocenters. The Morgan fingerprint density at radius 2 is 2.06 bits per heavy atom. The van der Waals surface area contributed by atoms with E-state index in [2.05, 4.69) is 20.8 Å². The summed E-state index contributed by atoms with van der Waals surface area (Å²) in [6, 6.07) is 6.00. The van der Waals surface area contributed by atoms with Crippen molar-refractivity contribution in [2.75, 3.05) is 19.0 Å². The van der Waals surface area contributed by atoms with Crippen LogP contribution in [0.1, 0.15) is 34.1 Å². The first-order valence-electron chi connectivity index (χ1n) is 9.97.